The van der Waals surface area contributed by atoms with Gasteiger partial charge in [-0.1, -0.05) is 13.3 Å². The van der Waals surface area contributed by atoms with E-state index in [0.29, 0.717) is 0 Å². The molecule has 3 N–H and O–H groups in total. The zero-order chi connectivity index (χ0) is 12.0. The molecule has 0 aliphatic heterocycles. The number of anilines is 1. The summed E-state index contributed by atoms with van der Waals surface area (Å²) in [7, 11) is 0. The highest BCUT2D eigenvalue weighted by atomic mass is 15.1. The molecule has 0 spiro atoms. The van der Waals surface area contributed by atoms with Crippen LogP contribution < -0.4 is 10.6 Å². The van der Waals surface area contributed by atoms with E-state index >= 15 is 0 Å². The number of nitrogen functional groups attached to an aromatic ring is 1. The standard InChI is InChI=1S/C12H20N4/c1-3-5-8-16(4-2)11-9-15-7-6-10(11)12(13)14/h6-7,9H,3-5,8H2,1-2H3,(H3,13,14). The maximum Gasteiger partial charge on any atom is 0.125 e. The zero-order valence-corrected chi connectivity index (χ0v) is 10.0. The minimum absolute atomic E-state index is 0.104. The molecule has 0 aliphatic carbocycles. The molecule has 0 aliphatic rings. The molecule has 1 aromatic rings. The second-order valence-electron chi connectivity index (χ2n) is 3.74. The topological polar surface area (TPSA) is 66.0 Å². The van der Waals surface area contributed by atoms with Crippen molar-refractivity contribution in [2.45, 2.75) is 26.7 Å². The highest BCUT2D eigenvalue weighted by Crippen LogP contribution is 2.18. The summed E-state index contributed by atoms with van der Waals surface area (Å²) >= 11 is 0. The molecule has 0 bridgehead atoms. The molecule has 4 heteroatoms. The largest absolute Gasteiger partial charge is 0.384 e. The number of hydrogen-bond donors (Lipinski definition) is 2. The monoisotopic (exact) mass is 220 g/mol. The summed E-state index contributed by atoms with van der Waals surface area (Å²) in [6, 6.07) is 1.80. The second-order valence-corrected chi connectivity index (χ2v) is 3.74. The van der Waals surface area contributed by atoms with E-state index in [4.69, 9.17) is 11.1 Å². The lowest BCUT2D eigenvalue weighted by Gasteiger charge is -2.24. The van der Waals surface area contributed by atoms with E-state index in [1.54, 1.807) is 18.5 Å². The van der Waals surface area contributed by atoms with Crippen molar-refractivity contribution in [2.24, 2.45) is 5.73 Å². The van der Waals surface area contributed by atoms with Crippen LogP contribution in [0, 0.1) is 5.41 Å². The van der Waals surface area contributed by atoms with Gasteiger partial charge in [-0.3, -0.25) is 10.4 Å². The predicted molar refractivity (Wildman–Crippen MR) is 68.0 cm³/mol. The molecule has 0 radical (unpaired) electrons. The number of nitrogens with two attached hydrogens (primary N) is 1. The fraction of sp³-hybridized carbons (Fsp3) is 0.500. The van der Waals surface area contributed by atoms with E-state index in [-0.39, 0.29) is 5.84 Å². The summed E-state index contributed by atoms with van der Waals surface area (Å²) in [5.74, 6) is 0.104. The van der Waals surface area contributed by atoms with Crippen LogP contribution in [0.3, 0.4) is 0 Å². The van der Waals surface area contributed by atoms with Crippen molar-refractivity contribution in [3.8, 4) is 0 Å². The van der Waals surface area contributed by atoms with Crippen LogP contribution in [0.1, 0.15) is 32.3 Å². The normalized spacial score (nSPS) is 10.1. The van der Waals surface area contributed by atoms with E-state index < -0.39 is 0 Å². The summed E-state index contributed by atoms with van der Waals surface area (Å²) in [5.41, 5.74) is 7.30. The van der Waals surface area contributed by atoms with Gasteiger partial charge in [-0.2, -0.15) is 0 Å². The molecule has 1 aromatic heterocycles. The number of rotatable bonds is 6. The molecule has 88 valence electrons. The lowest BCUT2D eigenvalue weighted by atomic mass is 10.2. The van der Waals surface area contributed by atoms with Crippen LogP contribution >= 0.6 is 0 Å². The average Bonchev–Trinajstić information content (AvgIpc) is 2.30. The van der Waals surface area contributed by atoms with Crippen molar-refractivity contribution in [1.82, 2.24) is 4.98 Å². The highest BCUT2D eigenvalue weighted by Gasteiger charge is 2.10. The molecular weight excluding hydrogens is 200 g/mol. The molecule has 0 saturated heterocycles. The third-order valence-corrected chi connectivity index (χ3v) is 2.59. The lowest BCUT2D eigenvalue weighted by Crippen LogP contribution is -2.27. The molecule has 0 atom stereocenters. The van der Waals surface area contributed by atoms with Crippen molar-refractivity contribution in [1.29, 1.82) is 5.41 Å². The van der Waals surface area contributed by atoms with Gasteiger partial charge in [0.15, 0.2) is 0 Å². The molecule has 1 rings (SSSR count). The molecule has 0 amide bonds. The number of nitrogens with zero attached hydrogens (tertiary/aromatic N) is 2. The van der Waals surface area contributed by atoms with Crippen molar-refractivity contribution in [3.63, 3.8) is 0 Å². The number of nitrogens with one attached hydrogen (secondary N) is 1. The van der Waals surface area contributed by atoms with Crippen LogP contribution in [0.5, 0.6) is 0 Å². The van der Waals surface area contributed by atoms with Gasteiger partial charge in [0.1, 0.15) is 5.84 Å². The van der Waals surface area contributed by atoms with Crippen molar-refractivity contribution >= 4 is 11.5 Å². The molecule has 0 unspecified atom stereocenters. The Hall–Kier alpha value is -1.58. The molecule has 0 aromatic carbocycles. The zero-order valence-electron chi connectivity index (χ0n) is 10.0. The Balaban J connectivity index is 2.94. The second kappa shape index (κ2) is 6.10. The molecular formula is C12H20N4. The maximum absolute atomic E-state index is 7.55. The predicted octanol–water partition coefficient (Wildman–Crippen LogP) is 1.99. The first kappa shape index (κ1) is 12.5. The van der Waals surface area contributed by atoms with Gasteiger partial charge in [-0.25, -0.2) is 0 Å². The van der Waals surface area contributed by atoms with Gasteiger partial charge < -0.3 is 10.6 Å². The minimum atomic E-state index is 0.104. The van der Waals surface area contributed by atoms with Gasteiger partial charge in [-0.05, 0) is 19.4 Å². The quantitative estimate of drug-likeness (QED) is 0.569. The van der Waals surface area contributed by atoms with Crippen molar-refractivity contribution in [3.05, 3.63) is 24.0 Å². The average molecular weight is 220 g/mol. The summed E-state index contributed by atoms with van der Waals surface area (Å²) in [6.45, 7) is 6.17. The number of pyridine rings is 1. The van der Waals surface area contributed by atoms with E-state index in [0.717, 1.165) is 37.2 Å². The number of unbranched alkanes of at least 4 members (excludes halogenated alkanes) is 1. The third-order valence-electron chi connectivity index (χ3n) is 2.59. The van der Waals surface area contributed by atoms with Gasteiger partial charge >= 0.3 is 0 Å². The van der Waals surface area contributed by atoms with E-state index in [1.807, 2.05) is 0 Å². The Bertz CT molecular complexity index is 349. The van der Waals surface area contributed by atoms with E-state index in [1.165, 1.54) is 0 Å². The Morgan fingerprint density at radius 2 is 2.25 bits per heavy atom. The third kappa shape index (κ3) is 2.95. The van der Waals surface area contributed by atoms with Gasteiger partial charge in [0.25, 0.3) is 0 Å². The first-order valence-electron chi connectivity index (χ1n) is 5.74. The van der Waals surface area contributed by atoms with E-state index in [9.17, 15) is 0 Å². The summed E-state index contributed by atoms with van der Waals surface area (Å²) in [5, 5.41) is 7.55. The van der Waals surface area contributed by atoms with Crippen LogP contribution in [0.25, 0.3) is 0 Å². The lowest BCUT2D eigenvalue weighted by molar-refractivity contribution is 0.730. The van der Waals surface area contributed by atoms with Crippen molar-refractivity contribution in [2.75, 3.05) is 18.0 Å². The highest BCUT2D eigenvalue weighted by molar-refractivity contribution is 6.00. The van der Waals surface area contributed by atoms with E-state index in [2.05, 4.69) is 23.7 Å². The molecule has 4 nitrogen and oxygen atoms in total. The Morgan fingerprint density at radius 1 is 1.50 bits per heavy atom. The van der Waals surface area contributed by atoms with Gasteiger partial charge in [0.05, 0.1) is 11.9 Å². The van der Waals surface area contributed by atoms with Crippen LogP contribution in [-0.4, -0.2) is 23.9 Å². The summed E-state index contributed by atoms with van der Waals surface area (Å²) in [6.07, 6.45) is 5.76. The van der Waals surface area contributed by atoms with Gasteiger partial charge in [-0.15, -0.1) is 0 Å². The first-order chi connectivity index (χ1) is 7.70. The minimum Gasteiger partial charge on any atom is -0.384 e. The Kier molecular flexibility index (Phi) is 4.76. The molecule has 0 fully saturated rings. The Labute approximate surface area is 97.0 Å². The molecule has 0 saturated carbocycles. The Morgan fingerprint density at radius 3 is 2.81 bits per heavy atom. The number of aromatic nitrogens is 1. The summed E-state index contributed by atoms with van der Waals surface area (Å²) < 4.78 is 0. The molecule has 1 heterocycles. The van der Waals surface area contributed by atoms with Gasteiger partial charge in [0, 0.05) is 24.8 Å². The fourth-order valence-corrected chi connectivity index (χ4v) is 1.66. The number of amidine groups is 1. The SMILES string of the molecule is CCCCN(CC)c1cnccc1C(=N)N. The summed E-state index contributed by atoms with van der Waals surface area (Å²) in [4.78, 5) is 6.33. The van der Waals surface area contributed by atoms with Crippen LogP contribution in [-0.2, 0) is 0 Å². The van der Waals surface area contributed by atoms with Crippen molar-refractivity contribution < 1.29 is 0 Å². The van der Waals surface area contributed by atoms with Gasteiger partial charge in [0.2, 0.25) is 0 Å². The van der Waals surface area contributed by atoms with Crippen LogP contribution in [0.15, 0.2) is 18.5 Å². The first-order valence-corrected chi connectivity index (χ1v) is 5.74. The maximum atomic E-state index is 7.55. The fourth-order valence-electron chi connectivity index (χ4n) is 1.66. The van der Waals surface area contributed by atoms with Crippen LogP contribution in [0.2, 0.25) is 0 Å². The smallest absolute Gasteiger partial charge is 0.125 e. The van der Waals surface area contributed by atoms with Crippen LogP contribution in [0.4, 0.5) is 5.69 Å². The number of hydrogen-bond acceptors (Lipinski definition) is 3. The molecule has 16 heavy (non-hydrogen) atoms.